The summed E-state index contributed by atoms with van der Waals surface area (Å²) in [5.41, 5.74) is 0.940. The Morgan fingerprint density at radius 2 is 2.37 bits per heavy atom. The Bertz CT molecular complexity index is 584. The van der Waals surface area contributed by atoms with Crippen LogP contribution < -0.4 is 5.32 Å². The van der Waals surface area contributed by atoms with Gasteiger partial charge in [0.15, 0.2) is 5.65 Å². The Hall–Kier alpha value is -1.47. The van der Waals surface area contributed by atoms with E-state index in [-0.39, 0.29) is 12.0 Å². The molecule has 0 spiro atoms. The van der Waals surface area contributed by atoms with Crippen LogP contribution in [0.5, 0.6) is 0 Å². The molecule has 2 rings (SSSR count). The Morgan fingerprint density at radius 1 is 1.58 bits per heavy atom. The van der Waals surface area contributed by atoms with Crippen molar-refractivity contribution in [3.8, 4) is 0 Å². The van der Waals surface area contributed by atoms with Gasteiger partial charge in [-0.1, -0.05) is 6.92 Å². The van der Waals surface area contributed by atoms with Gasteiger partial charge in [0.05, 0.1) is 16.8 Å². The molecule has 0 aromatic carbocycles. The highest BCUT2D eigenvalue weighted by Crippen LogP contribution is 2.12. The molecule has 102 valence electrons. The first-order valence-corrected chi connectivity index (χ1v) is 6.86. The molecule has 1 unspecified atom stereocenters. The molecule has 0 aliphatic carbocycles. The average Bonchev–Trinajstić information content (AvgIpc) is 2.81. The lowest BCUT2D eigenvalue weighted by atomic mass is 10.2. The third-order valence-electron chi connectivity index (χ3n) is 2.80. The standard InChI is InChI=1S/C12H15BrN4O2/c1-2-9(18)3-4-14-12(19)10-6-16-17-7-8(13)5-15-11(10)17/h5-7,9,18H,2-4H2,1H3,(H,14,19). The molecule has 7 heteroatoms. The van der Waals surface area contributed by atoms with E-state index in [0.29, 0.717) is 30.6 Å². The van der Waals surface area contributed by atoms with E-state index < -0.39 is 0 Å². The van der Waals surface area contributed by atoms with E-state index in [9.17, 15) is 9.90 Å². The maximum absolute atomic E-state index is 12.0. The van der Waals surface area contributed by atoms with Gasteiger partial charge in [-0.05, 0) is 28.8 Å². The summed E-state index contributed by atoms with van der Waals surface area (Å²) >= 11 is 3.29. The highest BCUT2D eigenvalue weighted by molar-refractivity contribution is 9.10. The van der Waals surface area contributed by atoms with Crippen molar-refractivity contribution in [2.45, 2.75) is 25.9 Å². The van der Waals surface area contributed by atoms with Crippen LogP contribution in [-0.2, 0) is 0 Å². The predicted molar refractivity (Wildman–Crippen MR) is 73.9 cm³/mol. The highest BCUT2D eigenvalue weighted by atomic mass is 79.9. The first-order valence-electron chi connectivity index (χ1n) is 6.07. The molecule has 0 fully saturated rings. The fourth-order valence-electron chi connectivity index (χ4n) is 1.66. The smallest absolute Gasteiger partial charge is 0.256 e. The van der Waals surface area contributed by atoms with Crippen LogP contribution in [0.2, 0.25) is 0 Å². The van der Waals surface area contributed by atoms with E-state index in [1.165, 1.54) is 6.20 Å². The molecule has 2 aromatic rings. The number of carbonyl (C=O) groups excluding carboxylic acids is 1. The fourth-order valence-corrected chi connectivity index (χ4v) is 1.96. The second-order valence-corrected chi connectivity index (χ2v) is 5.12. The summed E-state index contributed by atoms with van der Waals surface area (Å²) < 4.78 is 2.33. The number of rotatable bonds is 5. The molecule has 2 aromatic heterocycles. The Labute approximate surface area is 119 Å². The molecule has 0 saturated heterocycles. The van der Waals surface area contributed by atoms with Gasteiger partial charge in [-0.2, -0.15) is 5.10 Å². The lowest BCUT2D eigenvalue weighted by molar-refractivity contribution is 0.0943. The van der Waals surface area contributed by atoms with E-state index in [1.54, 1.807) is 16.9 Å². The van der Waals surface area contributed by atoms with E-state index in [4.69, 9.17) is 0 Å². The number of nitrogens with one attached hydrogen (secondary N) is 1. The van der Waals surface area contributed by atoms with Crippen molar-refractivity contribution in [2.24, 2.45) is 0 Å². The number of hydrogen-bond donors (Lipinski definition) is 2. The van der Waals surface area contributed by atoms with Crippen molar-refractivity contribution >= 4 is 27.5 Å². The van der Waals surface area contributed by atoms with Gasteiger partial charge in [0.25, 0.3) is 5.91 Å². The molecular formula is C12H15BrN4O2. The number of hydrogen-bond acceptors (Lipinski definition) is 4. The molecule has 1 atom stereocenters. The Kier molecular flexibility index (Phi) is 4.49. The third-order valence-corrected chi connectivity index (χ3v) is 3.21. The van der Waals surface area contributed by atoms with Gasteiger partial charge in [0.1, 0.15) is 5.56 Å². The van der Waals surface area contributed by atoms with Crippen LogP contribution in [0.15, 0.2) is 23.1 Å². The number of halogens is 1. The van der Waals surface area contributed by atoms with Crippen molar-refractivity contribution in [3.63, 3.8) is 0 Å². The monoisotopic (exact) mass is 326 g/mol. The predicted octanol–water partition coefficient (Wildman–Crippen LogP) is 1.38. The topological polar surface area (TPSA) is 79.5 Å². The highest BCUT2D eigenvalue weighted by Gasteiger charge is 2.13. The largest absolute Gasteiger partial charge is 0.393 e. The second kappa shape index (κ2) is 6.12. The summed E-state index contributed by atoms with van der Waals surface area (Å²) in [7, 11) is 0. The minimum atomic E-state index is -0.377. The summed E-state index contributed by atoms with van der Waals surface area (Å²) in [4.78, 5) is 16.1. The molecule has 0 radical (unpaired) electrons. The average molecular weight is 327 g/mol. The summed E-state index contributed by atoms with van der Waals surface area (Å²) in [5, 5.41) is 16.2. The molecule has 19 heavy (non-hydrogen) atoms. The number of aliphatic hydroxyl groups is 1. The lowest BCUT2D eigenvalue weighted by Crippen LogP contribution is -2.27. The first-order chi connectivity index (χ1) is 9.11. The van der Waals surface area contributed by atoms with E-state index in [1.807, 2.05) is 6.92 Å². The molecule has 0 bridgehead atoms. The van der Waals surface area contributed by atoms with E-state index in [2.05, 4.69) is 31.3 Å². The normalized spacial score (nSPS) is 12.6. The zero-order valence-electron chi connectivity index (χ0n) is 10.5. The number of fused-ring (bicyclic) bond motifs is 1. The zero-order valence-corrected chi connectivity index (χ0v) is 12.1. The minimum absolute atomic E-state index is 0.229. The van der Waals surface area contributed by atoms with Gasteiger partial charge >= 0.3 is 0 Å². The molecule has 0 aliphatic heterocycles. The number of aromatic nitrogens is 3. The van der Waals surface area contributed by atoms with Crippen LogP contribution in [-0.4, -0.2) is 38.3 Å². The molecule has 0 aliphatic rings. The van der Waals surface area contributed by atoms with Crippen LogP contribution in [0.1, 0.15) is 30.1 Å². The van der Waals surface area contributed by atoms with Gasteiger partial charge in [-0.3, -0.25) is 4.79 Å². The summed E-state index contributed by atoms with van der Waals surface area (Å²) in [6.07, 6.45) is 5.69. The van der Waals surface area contributed by atoms with Gasteiger partial charge < -0.3 is 10.4 Å². The maximum atomic E-state index is 12.0. The molecule has 1 amide bonds. The molecule has 2 N–H and O–H groups in total. The van der Waals surface area contributed by atoms with Crippen molar-refractivity contribution < 1.29 is 9.90 Å². The van der Waals surface area contributed by atoms with Crippen LogP contribution in [0.4, 0.5) is 0 Å². The second-order valence-electron chi connectivity index (χ2n) is 4.21. The summed E-state index contributed by atoms with van der Waals surface area (Å²) in [5.74, 6) is -0.229. The van der Waals surface area contributed by atoms with Crippen LogP contribution >= 0.6 is 15.9 Å². The van der Waals surface area contributed by atoms with Crippen LogP contribution in [0, 0.1) is 0 Å². The SMILES string of the molecule is CCC(O)CCNC(=O)c1cnn2cc(Br)cnc12. The Balaban J connectivity index is 2.05. The minimum Gasteiger partial charge on any atom is -0.393 e. The van der Waals surface area contributed by atoms with Crippen molar-refractivity contribution in [2.75, 3.05) is 6.54 Å². The quantitative estimate of drug-likeness (QED) is 0.870. The maximum Gasteiger partial charge on any atom is 0.256 e. The van der Waals surface area contributed by atoms with Gasteiger partial charge in [-0.25, -0.2) is 9.50 Å². The van der Waals surface area contributed by atoms with Crippen LogP contribution in [0.3, 0.4) is 0 Å². The third kappa shape index (κ3) is 3.30. The Morgan fingerprint density at radius 3 is 3.11 bits per heavy atom. The lowest BCUT2D eigenvalue weighted by Gasteiger charge is -2.08. The summed E-state index contributed by atoms with van der Waals surface area (Å²) in [6, 6.07) is 0. The molecular weight excluding hydrogens is 312 g/mol. The number of nitrogens with zero attached hydrogens (tertiary/aromatic N) is 3. The van der Waals surface area contributed by atoms with Crippen molar-refractivity contribution in [3.05, 3.63) is 28.6 Å². The van der Waals surface area contributed by atoms with Crippen LogP contribution in [0.25, 0.3) is 5.65 Å². The fraction of sp³-hybridized carbons (Fsp3) is 0.417. The van der Waals surface area contributed by atoms with Gasteiger partial charge in [0, 0.05) is 18.9 Å². The molecule has 2 heterocycles. The van der Waals surface area contributed by atoms with Gasteiger partial charge in [-0.15, -0.1) is 0 Å². The zero-order chi connectivity index (χ0) is 13.8. The molecule has 6 nitrogen and oxygen atoms in total. The molecule has 0 saturated carbocycles. The van der Waals surface area contributed by atoms with E-state index in [0.717, 1.165) is 4.47 Å². The van der Waals surface area contributed by atoms with E-state index >= 15 is 0 Å². The number of amides is 1. The van der Waals surface area contributed by atoms with Gasteiger partial charge in [0.2, 0.25) is 0 Å². The first kappa shape index (κ1) is 14.0. The van der Waals surface area contributed by atoms with Crippen molar-refractivity contribution in [1.29, 1.82) is 0 Å². The summed E-state index contributed by atoms with van der Waals surface area (Å²) in [6.45, 7) is 2.33. The number of aliphatic hydroxyl groups excluding tert-OH is 1. The van der Waals surface area contributed by atoms with Crippen molar-refractivity contribution in [1.82, 2.24) is 19.9 Å². The number of carbonyl (C=O) groups is 1.